The van der Waals surface area contributed by atoms with Gasteiger partial charge in [-0.25, -0.2) is 0 Å². The summed E-state index contributed by atoms with van der Waals surface area (Å²) in [4.78, 5) is 25.1. The highest BCUT2D eigenvalue weighted by atomic mass is 16.1. The number of aliphatic imine (C=N–C) groups is 1. The Morgan fingerprint density at radius 3 is 2.42 bits per heavy atom. The summed E-state index contributed by atoms with van der Waals surface area (Å²) in [5.41, 5.74) is 8.06. The van der Waals surface area contributed by atoms with Crippen LogP contribution in [0.4, 0.5) is 0 Å². The van der Waals surface area contributed by atoms with Gasteiger partial charge in [0.25, 0.3) is 0 Å². The molecule has 38 heavy (non-hydrogen) atoms. The first-order valence-corrected chi connectivity index (χ1v) is 15.4. The van der Waals surface area contributed by atoms with Gasteiger partial charge in [0.2, 0.25) is 5.91 Å². The first kappa shape index (κ1) is 28.0. The second-order valence-electron chi connectivity index (χ2n) is 12.5. The van der Waals surface area contributed by atoms with Gasteiger partial charge < -0.3 is 16.0 Å². The Bertz CT molecular complexity index is 855. The highest BCUT2D eigenvalue weighted by molar-refractivity contribution is 5.93. The molecule has 5 N–H and O–H groups in total. The third kappa shape index (κ3) is 6.61. The van der Waals surface area contributed by atoms with Crippen molar-refractivity contribution in [3.05, 3.63) is 11.8 Å². The van der Waals surface area contributed by atoms with E-state index in [0.717, 1.165) is 31.0 Å². The van der Waals surface area contributed by atoms with Gasteiger partial charge in [-0.1, -0.05) is 32.8 Å². The van der Waals surface area contributed by atoms with E-state index in [1.807, 2.05) is 0 Å². The van der Waals surface area contributed by atoms with Gasteiger partial charge in [0.15, 0.2) is 6.04 Å². The Kier molecular flexibility index (Phi) is 9.42. The maximum absolute atomic E-state index is 12.4. The molecule has 5 rings (SSSR count). The van der Waals surface area contributed by atoms with Crippen LogP contribution in [0.3, 0.4) is 0 Å². The van der Waals surface area contributed by atoms with Gasteiger partial charge in [0.05, 0.1) is 6.17 Å². The van der Waals surface area contributed by atoms with Crippen LogP contribution < -0.4 is 21.7 Å². The van der Waals surface area contributed by atoms with E-state index in [1.54, 1.807) is 0 Å². The van der Waals surface area contributed by atoms with E-state index in [9.17, 15) is 4.79 Å². The van der Waals surface area contributed by atoms with Crippen molar-refractivity contribution in [1.29, 1.82) is 0 Å². The molecule has 2 aliphatic carbocycles. The minimum absolute atomic E-state index is 0.00726. The van der Waals surface area contributed by atoms with E-state index in [4.69, 9.17) is 10.7 Å². The number of hydrogen-bond donors (Lipinski definition) is 4. The van der Waals surface area contributed by atoms with E-state index >= 15 is 0 Å². The van der Waals surface area contributed by atoms with Crippen molar-refractivity contribution in [2.24, 2.45) is 16.6 Å². The van der Waals surface area contributed by atoms with Crippen molar-refractivity contribution in [3.8, 4) is 0 Å². The molecule has 0 spiro atoms. The number of hydrogen-bond acceptors (Lipinski definition) is 8. The lowest BCUT2D eigenvalue weighted by Gasteiger charge is -2.46. The Balaban J connectivity index is 1.17. The van der Waals surface area contributed by atoms with Crippen molar-refractivity contribution in [3.63, 3.8) is 0 Å². The molecule has 0 aromatic carbocycles. The minimum atomic E-state index is -0.589. The lowest BCUT2D eigenvalue weighted by atomic mass is 9.85. The van der Waals surface area contributed by atoms with Crippen molar-refractivity contribution in [1.82, 2.24) is 30.7 Å². The van der Waals surface area contributed by atoms with Gasteiger partial charge in [-0.3, -0.25) is 30.2 Å². The highest BCUT2D eigenvalue weighted by Crippen LogP contribution is 2.31. The standard InChI is InChI=1S/C29H52N8O/c1-4-24-28(31-21-7-5-6-8-21)34-29(26(33-24)27(30)38)32-22-9-10-25(20(2)19-22)37-13-11-23(12-14-37)36-17-15-35(3)16-18-36/h9,20-21,23,25-26,28-29,31-32,34H,4-8,10-19H2,1-3H3,(H2,30,38). The number of carbonyl (C=O) groups excluding carboxylic acids is 1. The smallest absolute Gasteiger partial charge is 0.245 e. The van der Waals surface area contributed by atoms with E-state index < -0.39 is 6.04 Å². The maximum atomic E-state index is 12.4. The van der Waals surface area contributed by atoms with Crippen LogP contribution in [0.5, 0.6) is 0 Å². The molecule has 0 aromatic heterocycles. The van der Waals surface area contributed by atoms with Crippen LogP contribution in [-0.2, 0) is 4.79 Å². The zero-order valence-electron chi connectivity index (χ0n) is 24.0. The van der Waals surface area contributed by atoms with E-state index in [0.29, 0.717) is 18.0 Å². The first-order chi connectivity index (χ1) is 18.4. The zero-order valence-corrected chi connectivity index (χ0v) is 24.0. The fourth-order valence-corrected chi connectivity index (χ4v) is 7.47. The summed E-state index contributed by atoms with van der Waals surface area (Å²) in [6.07, 6.45) is 12.5. The van der Waals surface area contributed by atoms with Crippen LogP contribution in [0.25, 0.3) is 0 Å². The summed E-state index contributed by atoms with van der Waals surface area (Å²) in [6.45, 7) is 11.8. The number of nitrogens with one attached hydrogen (secondary N) is 3. The number of primary amides is 1. The van der Waals surface area contributed by atoms with Gasteiger partial charge in [-0.15, -0.1) is 0 Å². The molecule has 5 aliphatic rings. The maximum Gasteiger partial charge on any atom is 0.245 e. The Hall–Kier alpha value is -1.52. The Labute approximate surface area is 230 Å². The molecule has 1 saturated carbocycles. The quantitative estimate of drug-likeness (QED) is 0.378. The summed E-state index contributed by atoms with van der Waals surface area (Å²) in [5.74, 6) is 0.200. The number of nitrogens with zero attached hydrogens (tertiary/aromatic N) is 4. The van der Waals surface area contributed by atoms with Crippen molar-refractivity contribution >= 4 is 11.6 Å². The molecule has 1 amide bonds. The number of likely N-dealkylation sites (N-methyl/N-ethyl adjacent to an activating group) is 1. The number of piperidine rings is 1. The highest BCUT2D eigenvalue weighted by Gasteiger charge is 2.38. The summed E-state index contributed by atoms with van der Waals surface area (Å²) in [5, 5.41) is 11.1. The van der Waals surface area contributed by atoms with E-state index in [-0.39, 0.29) is 18.2 Å². The molecule has 0 radical (unpaired) electrons. The number of amides is 1. The normalized spacial score (nSPS) is 35.2. The SMILES string of the molecule is CCC1=NC(C(N)=O)C(NC2=CCC(N3CCC(N4CCN(C)CC4)CC3)C(C)C2)NC1NC1CCCC1. The number of nitrogens with two attached hydrogens (primary N) is 1. The molecule has 3 aliphatic heterocycles. The fraction of sp³-hybridized carbons (Fsp3) is 0.862. The summed E-state index contributed by atoms with van der Waals surface area (Å²) >= 11 is 0. The third-order valence-corrected chi connectivity index (χ3v) is 9.88. The van der Waals surface area contributed by atoms with Crippen molar-refractivity contribution < 1.29 is 4.79 Å². The predicted molar refractivity (Wildman–Crippen MR) is 154 cm³/mol. The molecule has 9 heteroatoms. The lowest BCUT2D eigenvalue weighted by molar-refractivity contribution is -0.120. The largest absolute Gasteiger partial charge is 0.371 e. The van der Waals surface area contributed by atoms with Gasteiger partial charge in [-0.2, -0.15) is 0 Å². The molecule has 0 bridgehead atoms. The summed E-state index contributed by atoms with van der Waals surface area (Å²) in [7, 11) is 2.24. The molecular formula is C29H52N8O. The van der Waals surface area contributed by atoms with Crippen LogP contribution in [0.2, 0.25) is 0 Å². The van der Waals surface area contributed by atoms with Gasteiger partial charge >= 0.3 is 0 Å². The topological polar surface area (TPSA) is 101 Å². The number of likely N-dealkylation sites (tertiary alicyclic amines) is 1. The second-order valence-corrected chi connectivity index (χ2v) is 12.5. The van der Waals surface area contributed by atoms with Crippen LogP contribution in [0.15, 0.2) is 16.8 Å². The number of rotatable bonds is 8. The molecule has 3 fully saturated rings. The van der Waals surface area contributed by atoms with E-state index in [2.05, 4.69) is 57.6 Å². The van der Waals surface area contributed by atoms with Crippen LogP contribution in [0.1, 0.15) is 71.6 Å². The number of piperazine rings is 1. The second kappa shape index (κ2) is 12.8. The van der Waals surface area contributed by atoms with Gasteiger partial charge in [0, 0.05) is 55.7 Å². The van der Waals surface area contributed by atoms with Crippen LogP contribution in [-0.4, -0.2) is 109 Å². The molecule has 5 atom stereocenters. The molecule has 3 heterocycles. The van der Waals surface area contributed by atoms with E-state index in [1.165, 1.54) is 83.5 Å². The molecular weight excluding hydrogens is 476 g/mol. The monoisotopic (exact) mass is 528 g/mol. The molecule has 5 unspecified atom stereocenters. The predicted octanol–water partition coefficient (Wildman–Crippen LogP) is 1.46. The average Bonchev–Trinajstić information content (AvgIpc) is 3.43. The summed E-state index contributed by atoms with van der Waals surface area (Å²) in [6, 6.07) is 1.29. The zero-order chi connectivity index (χ0) is 26.6. The van der Waals surface area contributed by atoms with Crippen LogP contribution in [0, 0.1) is 5.92 Å². The molecule has 214 valence electrons. The Morgan fingerprint density at radius 1 is 1.08 bits per heavy atom. The van der Waals surface area contributed by atoms with Gasteiger partial charge in [-0.05, 0) is 71.0 Å². The third-order valence-electron chi connectivity index (χ3n) is 9.88. The lowest BCUT2D eigenvalue weighted by Crippen LogP contribution is -2.66. The van der Waals surface area contributed by atoms with Crippen molar-refractivity contribution in [2.45, 2.75) is 108 Å². The fourth-order valence-electron chi connectivity index (χ4n) is 7.47. The molecule has 9 nitrogen and oxygen atoms in total. The van der Waals surface area contributed by atoms with Crippen LogP contribution >= 0.6 is 0 Å². The molecule has 2 saturated heterocycles. The number of carbonyl (C=O) groups is 1. The first-order valence-electron chi connectivity index (χ1n) is 15.4. The Morgan fingerprint density at radius 2 is 1.79 bits per heavy atom. The average molecular weight is 529 g/mol. The summed E-state index contributed by atoms with van der Waals surface area (Å²) < 4.78 is 0. The number of allylic oxidation sites excluding steroid dienone is 1. The van der Waals surface area contributed by atoms with Gasteiger partial charge in [0.1, 0.15) is 6.17 Å². The van der Waals surface area contributed by atoms with Crippen molar-refractivity contribution in [2.75, 3.05) is 46.3 Å². The minimum Gasteiger partial charge on any atom is -0.371 e. The molecule has 0 aromatic rings.